The fourth-order valence-corrected chi connectivity index (χ4v) is 2.50. The van der Waals surface area contributed by atoms with Crippen LogP contribution < -0.4 is 10.2 Å². The van der Waals surface area contributed by atoms with Crippen LogP contribution in [0.2, 0.25) is 0 Å². The van der Waals surface area contributed by atoms with Crippen molar-refractivity contribution in [3.8, 4) is 17.2 Å². The van der Waals surface area contributed by atoms with E-state index in [1.807, 2.05) is 54.6 Å². The Balaban J connectivity index is 1.68. The first-order valence-electron chi connectivity index (χ1n) is 9.00. The van der Waals surface area contributed by atoms with Crippen LogP contribution in [0.3, 0.4) is 0 Å². The molecule has 1 amide bonds. The standard InChI is InChI=1S/C21H22N4O3/c1-3-13-28-18-11-9-16(10-12-18)15(2)22-23-21(27)20-19(26)14-25(24-20)17-7-5-4-6-8-17/h4-12,14,26H,3,13H2,1-2H3,(H,23,27)/b22-15+. The highest BCUT2D eigenvalue weighted by atomic mass is 16.5. The van der Waals surface area contributed by atoms with Gasteiger partial charge in [0.2, 0.25) is 0 Å². The molecular weight excluding hydrogens is 356 g/mol. The maximum Gasteiger partial charge on any atom is 0.295 e. The molecule has 3 rings (SSSR count). The normalized spacial score (nSPS) is 11.3. The minimum absolute atomic E-state index is 0.0938. The van der Waals surface area contributed by atoms with Crippen molar-refractivity contribution in [3.05, 3.63) is 72.1 Å². The van der Waals surface area contributed by atoms with Gasteiger partial charge >= 0.3 is 0 Å². The number of aromatic hydroxyl groups is 1. The van der Waals surface area contributed by atoms with Crippen LogP contribution in [-0.4, -0.2) is 33.1 Å². The summed E-state index contributed by atoms with van der Waals surface area (Å²) in [6, 6.07) is 16.7. The monoisotopic (exact) mass is 378 g/mol. The van der Waals surface area contributed by atoms with Gasteiger partial charge < -0.3 is 9.84 Å². The number of benzene rings is 2. The molecule has 0 radical (unpaired) electrons. The topological polar surface area (TPSA) is 88.7 Å². The van der Waals surface area contributed by atoms with Crippen LogP contribution in [0.5, 0.6) is 11.5 Å². The Morgan fingerprint density at radius 1 is 1.18 bits per heavy atom. The number of carbonyl (C=O) groups is 1. The first-order valence-corrected chi connectivity index (χ1v) is 9.00. The average Bonchev–Trinajstić information content (AvgIpc) is 3.13. The molecule has 0 spiro atoms. The van der Waals surface area contributed by atoms with Crippen LogP contribution in [0.15, 0.2) is 65.9 Å². The summed E-state index contributed by atoms with van der Waals surface area (Å²) in [6.07, 6.45) is 2.33. The average molecular weight is 378 g/mol. The number of carbonyl (C=O) groups excluding carboxylic acids is 1. The summed E-state index contributed by atoms with van der Waals surface area (Å²) in [7, 11) is 0. The number of nitrogens with one attached hydrogen (secondary N) is 1. The fourth-order valence-electron chi connectivity index (χ4n) is 2.50. The third kappa shape index (κ3) is 4.56. The molecule has 1 heterocycles. The summed E-state index contributed by atoms with van der Waals surface area (Å²) in [5.74, 6) is -0.0140. The lowest BCUT2D eigenvalue weighted by molar-refractivity contribution is 0.0947. The number of ether oxygens (including phenoxy) is 1. The minimum Gasteiger partial charge on any atom is -0.504 e. The van der Waals surface area contributed by atoms with Crippen molar-refractivity contribution in [2.75, 3.05) is 6.61 Å². The molecule has 0 aliphatic heterocycles. The molecule has 1 aromatic heterocycles. The quantitative estimate of drug-likeness (QED) is 0.486. The van der Waals surface area contributed by atoms with E-state index in [-0.39, 0.29) is 11.4 Å². The molecule has 2 N–H and O–H groups in total. The molecule has 0 atom stereocenters. The van der Waals surface area contributed by atoms with Gasteiger partial charge in [-0.05, 0) is 55.3 Å². The second-order valence-electron chi connectivity index (χ2n) is 6.15. The smallest absolute Gasteiger partial charge is 0.295 e. The van der Waals surface area contributed by atoms with Crippen molar-refractivity contribution < 1.29 is 14.6 Å². The zero-order valence-electron chi connectivity index (χ0n) is 15.8. The lowest BCUT2D eigenvalue weighted by Crippen LogP contribution is -2.20. The van der Waals surface area contributed by atoms with E-state index in [1.54, 1.807) is 6.92 Å². The summed E-state index contributed by atoms with van der Waals surface area (Å²) >= 11 is 0. The molecule has 28 heavy (non-hydrogen) atoms. The van der Waals surface area contributed by atoms with E-state index in [9.17, 15) is 9.90 Å². The van der Waals surface area contributed by atoms with Gasteiger partial charge in [0.15, 0.2) is 11.4 Å². The van der Waals surface area contributed by atoms with Crippen LogP contribution in [0.1, 0.15) is 36.3 Å². The van der Waals surface area contributed by atoms with Crippen molar-refractivity contribution in [2.24, 2.45) is 5.10 Å². The van der Waals surface area contributed by atoms with E-state index in [0.717, 1.165) is 23.4 Å². The Hall–Kier alpha value is -3.61. The summed E-state index contributed by atoms with van der Waals surface area (Å²) in [4.78, 5) is 12.3. The highest BCUT2D eigenvalue weighted by Crippen LogP contribution is 2.18. The minimum atomic E-state index is -0.588. The molecule has 0 saturated heterocycles. The Kier molecular flexibility index (Phi) is 6.06. The number of nitrogens with zero attached hydrogens (tertiary/aromatic N) is 3. The zero-order chi connectivity index (χ0) is 19.9. The Morgan fingerprint density at radius 2 is 1.89 bits per heavy atom. The number of para-hydroxylation sites is 1. The number of amides is 1. The predicted molar refractivity (Wildman–Crippen MR) is 107 cm³/mol. The van der Waals surface area contributed by atoms with E-state index < -0.39 is 5.91 Å². The van der Waals surface area contributed by atoms with Crippen molar-refractivity contribution in [2.45, 2.75) is 20.3 Å². The van der Waals surface area contributed by atoms with E-state index >= 15 is 0 Å². The molecule has 0 saturated carbocycles. The molecule has 0 fully saturated rings. The van der Waals surface area contributed by atoms with Gasteiger partial charge in [-0.3, -0.25) is 4.79 Å². The largest absolute Gasteiger partial charge is 0.504 e. The van der Waals surface area contributed by atoms with Crippen LogP contribution >= 0.6 is 0 Å². The van der Waals surface area contributed by atoms with E-state index in [4.69, 9.17) is 4.74 Å². The predicted octanol–water partition coefficient (Wildman–Crippen LogP) is 3.52. The first kappa shape index (κ1) is 19.2. The highest BCUT2D eigenvalue weighted by Gasteiger charge is 2.17. The number of rotatable bonds is 7. The van der Waals surface area contributed by atoms with Gasteiger partial charge in [-0.2, -0.15) is 10.2 Å². The van der Waals surface area contributed by atoms with Gasteiger partial charge in [-0.25, -0.2) is 10.1 Å². The number of hydrogen-bond acceptors (Lipinski definition) is 5. The summed E-state index contributed by atoms with van der Waals surface area (Å²) in [5, 5.41) is 18.3. The number of hydrazone groups is 1. The molecule has 0 aliphatic carbocycles. The molecule has 2 aromatic carbocycles. The molecule has 0 unspecified atom stereocenters. The fraction of sp³-hybridized carbons (Fsp3) is 0.190. The van der Waals surface area contributed by atoms with Crippen molar-refractivity contribution >= 4 is 11.6 Å². The molecule has 7 heteroatoms. The molecule has 3 aromatic rings. The third-order valence-corrected chi connectivity index (χ3v) is 4.00. The second kappa shape index (κ2) is 8.85. The SMILES string of the molecule is CCCOc1ccc(/C(C)=N/NC(=O)c2nn(-c3ccccc3)cc2O)cc1. The Labute approximate surface area is 163 Å². The van der Waals surface area contributed by atoms with Gasteiger partial charge in [-0.1, -0.05) is 25.1 Å². The van der Waals surface area contributed by atoms with Crippen LogP contribution in [0, 0.1) is 0 Å². The van der Waals surface area contributed by atoms with Crippen molar-refractivity contribution in [1.82, 2.24) is 15.2 Å². The van der Waals surface area contributed by atoms with E-state index in [0.29, 0.717) is 12.3 Å². The molecule has 7 nitrogen and oxygen atoms in total. The van der Waals surface area contributed by atoms with Crippen LogP contribution in [0.25, 0.3) is 5.69 Å². The summed E-state index contributed by atoms with van der Waals surface area (Å²) in [5.41, 5.74) is 4.55. The molecular formula is C21H22N4O3. The molecule has 0 bridgehead atoms. The van der Waals surface area contributed by atoms with E-state index in [2.05, 4.69) is 22.5 Å². The third-order valence-electron chi connectivity index (χ3n) is 4.00. The number of hydrogen-bond donors (Lipinski definition) is 2. The maximum atomic E-state index is 12.3. The zero-order valence-corrected chi connectivity index (χ0v) is 15.8. The number of aromatic nitrogens is 2. The summed E-state index contributed by atoms with van der Waals surface area (Å²) in [6.45, 7) is 4.50. The van der Waals surface area contributed by atoms with Gasteiger partial charge in [-0.15, -0.1) is 0 Å². The van der Waals surface area contributed by atoms with Crippen molar-refractivity contribution in [1.29, 1.82) is 0 Å². The molecule has 0 aliphatic rings. The highest BCUT2D eigenvalue weighted by molar-refractivity contribution is 6.01. The second-order valence-corrected chi connectivity index (χ2v) is 6.15. The summed E-state index contributed by atoms with van der Waals surface area (Å²) < 4.78 is 6.99. The van der Waals surface area contributed by atoms with Gasteiger partial charge in [0.25, 0.3) is 5.91 Å². The maximum absolute atomic E-state index is 12.3. The first-order chi connectivity index (χ1) is 13.6. The van der Waals surface area contributed by atoms with Gasteiger partial charge in [0.05, 0.1) is 24.2 Å². The van der Waals surface area contributed by atoms with Crippen molar-refractivity contribution in [3.63, 3.8) is 0 Å². The van der Waals surface area contributed by atoms with Gasteiger partial charge in [0, 0.05) is 0 Å². The molecule has 144 valence electrons. The Bertz CT molecular complexity index is 963. The lowest BCUT2D eigenvalue weighted by atomic mass is 10.1. The Morgan fingerprint density at radius 3 is 2.57 bits per heavy atom. The van der Waals surface area contributed by atoms with Crippen LogP contribution in [-0.2, 0) is 0 Å². The van der Waals surface area contributed by atoms with E-state index in [1.165, 1.54) is 10.9 Å². The lowest BCUT2D eigenvalue weighted by Gasteiger charge is -2.06. The van der Waals surface area contributed by atoms with Crippen LogP contribution in [0.4, 0.5) is 0 Å². The van der Waals surface area contributed by atoms with Gasteiger partial charge in [0.1, 0.15) is 5.75 Å².